The maximum atomic E-state index is 10.8. The van der Waals surface area contributed by atoms with E-state index in [4.69, 9.17) is 0 Å². The summed E-state index contributed by atoms with van der Waals surface area (Å²) in [6.07, 6.45) is 8.42. The van der Waals surface area contributed by atoms with Crippen molar-refractivity contribution in [3.05, 3.63) is 0 Å². The molecule has 0 saturated heterocycles. The summed E-state index contributed by atoms with van der Waals surface area (Å²) in [7, 11) is 0. The fraction of sp³-hybridized carbons (Fsp3) is 1.00. The highest BCUT2D eigenvalue weighted by atomic mass is 16.3. The van der Waals surface area contributed by atoms with E-state index < -0.39 is 0 Å². The first-order chi connectivity index (χ1) is 7.51. The molecule has 2 rings (SSSR count). The lowest BCUT2D eigenvalue weighted by Crippen LogP contribution is -2.44. The molecule has 94 valence electrons. The topological polar surface area (TPSA) is 20.2 Å². The normalized spacial score (nSPS) is 50.2. The number of rotatable bonds is 1. The molecule has 2 aliphatic carbocycles. The maximum Gasteiger partial charge on any atom is 0.0676 e. The Morgan fingerprint density at radius 3 is 2.06 bits per heavy atom. The first kappa shape index (κ1) is 12.4. The van der Waals surface area contributed by atoms with Crippen LogP contribution < -0.4 is 0 Å². The summed E-state index contributed by atoms with van der Waals surface area (Å²) < 4.78 is 0. The standard InChI is InChI=1S/C15H28O/c1-11-6-8-15(16,9-7-11)14-5-4-12(2)13(3)10-14/h11-14,16H,4-10H2,1-3H3. The fourth-order valence-corrected chi connectivity index (χ4v) is 3.71. The first-order valence-corrected chi connectivity index (χ1v) is 7.23. The molecule has 1 nitrogen and oxygen atoms in total. The van der Waals surface area contributed by atoms with Crippen molar-refractivity contribution in [2.75, 3.05) is 0 Å². The molecule has 2 aliphatic rings. The summed E-state index contributed by atoms with van der Waals surface area (Å²) >= 11 is 0. The Hall–Kier alpha value is -0.0400. The van der Waals surface area contributed by atoms with Gasteiger partial charge >= 0.3 is 0 Å². The van der Waals surface area contributed by atoms with Gasteiger partial charge in [-0.15, -0.1) is 0 Å². The molecule has 3 unspecified atom stereocenters. The van der Waals surface area contributed by atoms with Crippen LogP contribution in [0.4, 0.5) is 0 Å². The molecule has 0 aromatic heterocycles. The maximum absolute atomic E-state index is 10.8. The van der Waals surface area contributed by atoms with Gasteiger partial charge in [0.25, 0.3) is 0 Å². The summed E-state index contributed by atoms with van der Waals surface area (Å²) in [6.45, 7) is 7.06. The SMILES string of the molecule is CC1CCC(O)(C2CCC(C)C(C)C2)CC1. The molecule has 3 atom stereocenters. The van der Waals surface area contributed by atoms with Crippen molar-refractivity contribution in [2.45, 2.75) is 71.3 Å². The van der Waals surface area contributed by atoms with Crippen molar-refractivity contribution in [2.24, 2.45) is 23.7 Å². The highest BCUT2D eigenvalue weighted by molar-refractivity contribution is 4.93. The summed E-state index contributed by atoms with van der Waals surface area (Å²) in [5, 5.41) is 10.8. The lowest BCUT2D eigenvalue weighted by molar-refractivity contribution is -0.0796. The van der Waals surface area contributed by atoms with Gasteiger partial charge in [0.05, 0.1) is 5.60 Å². The van der Waals surface area contributed by atoms with Gasteiger partial charge in [-0.05, 0) is 62.2 Å². The van der Waals surface area contributed by atoms with Crippen LogP contribution in [0.25, 0.3) is 0 Å². The molecule has 0 radical (unpaired) electrons. The summed E-state index contributed by atoms with van der Waals surface area (Å²) in [5.41, 5.74) is -0.305. The molecule has 16 heavy (non-hydrogen) atoms. The third kappa shape index (κ3) is 2.45. The Kier molecular flexibility index (Phi) is 3.63. The average molecular weight is 224 g/mol. The molecule has 0 aromatic rings. The van der Waals surface area contributed by atoms with Gasteiger partial charge in [0.15, 0.2) is 0 Å². The monoisotopic (exact) mass is 224 g/mol. The van der Waals surface area contributed by atoms with E-state index in [1.807, 2.05) is 0 Å². The van der Waals surface area contributed by atoms with E-state index >= 15 is 0 Å². The second kappa shape index (κ2) is 4.68. The van der Waals surface area contributed by atoms with E-state index in [0.717, 1.165) is 30.6 Å². The molecule has 0 heterocycles. The Balaban J connectivity index is 1.96. The van der Waals surface area contributed by atoms with Crippen molar-refractivity contribution in [3.8, 4) is 0 Å². The van der Waals surface area contributed by atoms with E-state index in [1.165, 1.54) is 32.1 Å². The lowest BCUT2D eigenvalue weighted by Gasteiger charge is -2.45. The Morgan fingerprint density at radius 2 is 1.50 bits per heavy atom. The molecule has 1 heteroatoms. The number of hydrogen-bond donors (Lipinski definition) is 1. The van der Waals surface area contributed by atoms with Gasteiger partial charge in [-0.1, -0.05) is 27.2 Å². The zero-order valence-corrected chi connectivity index (χ0v) is 11.2. The third-order valence-corrected chi connectivity index (χ3v) is 5.50. The smallest absolute Gasteiger partial charge is 0.0676 e. The Bertz CT molecular complexity index is 228. The molecular weight excluding hydrogens is 196 g/mol. The lowest BCUT2D eigenvalue weighted by atomic mass is 9.64. The van der Waals surface area contributed by atoms with Crippen molar-refractivity contribution in [3.63, 3.8) is 0 Å². The molecule has 0 spiro atoms. The van der Waals surface area contributed by atoms with Gasteiger partial charge in [-0.25, -0.2) is 0 Å². The van der Waals surface area contributed by atoms with E-state index in [2.05, 4.69) is 20.8 Å². The van der Waals surface area contributed by atoms with Gasteiger partial charge in [0.1, 0.15) is 0 Å². The summed E-state index contributed by atoms with van der Waals surface area (Å²) in [5.74, 6) is 3.09. The van der Waals surface area contributed by atoms with Crippen LogP contribution in [-0.2, 0) is 0 Å². The average Bonchev–Trinajstić information content (AvgIpc) is 2.26. The fourth-order valence-electron chi connectivity index (χ4n) is 3.71. The van der Waals surface area contributed by atoms with Crippen LogP contribution in [0.1, 0.15) is 65.7 Å². The minimum atomic E-state index is -0.305. The van der Waals surface area contributed by atoms with Crippen LogP contribution in [0.3, 0.4) is 0 Å². The molecular formula is C15H28O. The van der Waals surface area contributed by atoms with Crippen LogP contribution >= 0.6 is 0 Å². The minimum Gasteiger partial charge on any atom is -0.390 e. The van der Waals surface area contributed by atoms with Crippen LogP contribution in [0.2, 0.25) is 0 Å². The predicted octanol–water partition coefficient (Wildman–Crippen LogP) is 4.00. The summed E-state index contributed by atoms with van der Waals surface area (Å²) in [6, 6.07) is 0. The largest absolute Gasteiger partial charge is 0.390 e. The quantitative estimate of drug-likeness (QED) is 0.714. The molecule has 0 bridgehead atoms. The van der Waals surface area contributed by atoms with Gasteiger partial charge in [0.2, 0.25) is 0 Å². The van der Waals surface area contributed by atoms with Crippen molar-refractivity contribution in [1.82, 2.24) is 0 Å². The van der Waals surface area contributed by atoms with Gasteiger partial charge in [-0.2, -0.15) is 0 Å². The third-order valence-electron chi connectivity index (χ3n) is 5.50. The number of aliphatic hydroxyl groups is 1. The van der Waals surface area contributed by atoms with Gasteiger partial charge in [-0.3, -0.25) is 0 Å². The first-order valence-electron chi connectivity index (χ1n) is 7.23. The van der Waals surface area contributed by atoms with Crippen LogP contribution in [-0.4, -0.2) is 10.7 Å². The van der Waals surface area contributed by atoms with Crippen molar-refractivity contribution < 1.29 is 5.11 Å². The van der Waals surface area contributed by atoms with Crippen LogP contribution in [0.5, 0.6) is 0 Å². The number of hydrogen-bond acceptors (Lipinski definition) is 1. The Labute approximate surface area is 101 Å². The van der Waals surface area contributed by atoms with E-state index in [-0.39, 0.29) is 5.60 Å². The molecule has 2 saturated carbocycles. The predicted molar refractivity (Wildman–Crippen MR) is 68.3 cm³/mol. The summed E-state index contributed by atoms with van der Waals surface area (Å²) in [4.78, 5) is 0. The second-order valence-corrected chi connectivity index (χ2v) is 6.75. The minimum absolute atomic E-state index is 0.305. The van der Waals surface area contributed by atoms with E-state index in [0.29, 0.717) is 5.92 Å². The molecule has 0 aliphatic heterocycles. The van der Waals surface area contributed by atoms with Crippen molar-refractivity contribution in [1.29, 1.82) is 0 Å². The molecule has 0 amide bonds. The zero-order valence-electron chi connectivity index (χ0n) is 11.2. The Morgan fingerprint density at radius 1 is 0.875 bits per heavy atom. The zero-order chi connectivity index (χ0) is 11.8. The van der Waals surface area contributed by atoms with Gasteiger partial charge in [0, 0.05) is 0 Å². The molecule has 2 fully saturated rings. The molecule has 1 N–H and O–H groups in total. The second-order valence-electron chi connectivity index (χ2n) is 6.75. The van der Waals surface area contributed by atoms with E-state index in [1.54, 1.807) is 0 Å². The van der Waals surface area contributed by atoms with Crippen LogP contribution in [0.15, 0.2) is 0 Å². The molecule has 0 aromatic carbocycles. The highest BCUT2D eigenvalue weighted by Crippen LogP contribution is 2.45. The highest BCUT2D eigenvalue weighted by Gasteiger charge is 2.41. The van der Waals surface area contributed by atoms with E-state index in [9.17, 15) is 5.11 Å². The van der Waals surface area contributed by atoms with Crippen LogP contribution in [0, 0.1) is 23.7 Å². The van der Waals surface area contributed by atoms with Crippen molar-refractivity contribution >= 4 is 0 Å². The van der Waals surface area contributed by atoms with Gasteiger partial charge < -0.3 is 5.11 Å².